The Morgan fingerprint density at radius 3 is 2.69 bits per heavy atom. The highest BCUT2D eigenvalue weighted by Crippen LogP contribution is 2.23. The summed E-state index contributed by atoms with van der Waals surface area (Å²) in [6, 6.07) is 15.9. The molecular weight excluding hydrogens is 324 g/mol. The van der Waals surface area contributed by atoms with Crippen molar-refractivity contribution in [3.8, 4) is 0 Å². The van der Waals surface area contributed by atoms with Crippen LogP contribution in [0.1, 0.15) is 42.9 Å². The molecule has 1 aliphatic rings. The van der Waals surface area contributed by atoms with E-state index in [0.717, 1.165) is 43.7 Å². The van der Waals surface area contributed by atoms with Gasteiger partial charge in [-0.3, -0.25) is 9.78 Å². The normalized spacial score (nSPS) is 18.3. The summed E-state index contributed by atoms with van der Waals surface area (Å²) in [6.45, 7) is 1.59. The summed E-state index contributed by atoms with van der Waals surface area (Å²) in [5.74, 6) is -0.0546. The minimum absolute atomic E-state index is 0.151. The summed E-state index contributed by atoms with van der Waals surface area (Å²) in [4.78, 5) is 19.5. The summed E-state index contributed by atoms with van der Waals surface area (Å²) in [5.41, 5.74) is 1.99. The van der Waals surface area contributed by atoms with Gasteiger partial charge in [0.05, 0.1) is 12.0 Å². The fourth-order valence-electron chi connectivity index (χ4n) is 3.51. The molecule has 0 N–H and O–H groups in total. The molecule has 138 valence electrons. The van der Waals surface area contributed by atoms with Gasteiger partial charge in [-0.2, -0.15) is 0 Å². The predicted octanol–water partition coefficient (Wildman–Crippen LogP) is 3.83. The average molecular weight is 352 g/mol. The molecule has 0 aliphatic carbocycles. The lowest BCUT2D eigenvalue weighted by Crippen LogP contribution is -2.35. The van der Waals surface area contributed by atoms with E-state index in [9.17, 15) is 4.79 Å². The molecule has 26 heavy (non-hydrogen) atoms. The first kappa shape index (κ1) is 18.6. The zero-order valence-corrected chi connectivity index (χ0v) is 15.5. The lowest BCUT2D eigenvalue weighted by molar-refractivity contribution is -0.132. The zero-order valence-electron chi connectivity index (χ0n) is 15.5. The van der Waals surface area contributed by atoms with Gasteiger partial charge in [0.1, 0.15) is 0 Å². The lowest BCUT2D eigenvalue weighted by atomic mass is 9.92. The van der Waals surface area contributed by atoms with Crippen molar-refractivity contribution in [2.75, 3.05) is 20.2 Å². The lowest BCUT2D eigenvalue weighted by Gasteiger charge is -2.27. The van der Waals surface area contributed by atoms with E-state index in [2.05, 4.69) is 4.98 Å². The highest BCUT2D eigenvalue weighted by Gasteiger charge is 2.25. The van der Waals surface area contributed by atoms with E-state index in [1.165, 1.54) is 6.42 Å². The van der Waals surface area contributed by atoms with Crippen LogP contribution in [-0.2, 0) is 16.0 Å². The van der Waals surface area contributed by atoms with Crippen LogP contribution in [-0.4, -0.2) is 42.1 Å². The van der Waals surface area contributed by atoms with Gasteiger partial charge < -0.3 is 9.64 Å². The van der Waals surface area contributed by atoms with E-state index < -0.39 is 0 Å². The zero-order chi connectivity index (χ0) is 18.2. The largest absolute Gasteiger partial charge is 0.378 e. The Morgan fingerprint density at radius 1 is 1.19 bits per heavy atom. The predicted molar refractivity (Wildman–Crippen MR) is 103 cm³/mol. The summed E-state index contributed by atoms with van der Waals surface area (Å²) in [6.07, 6.45) is 7.11. The van der Waals surface area contributed by atoms with Crippen molar-refractivity contribution in [3.05, 3.63) is 66.0 Å². The van der Waals surface area contributed by atoms with Gasteiger partial charge in [-0.25, -0.2) is 0 Å². The number of carbonyl (C=O) groups is 1. The van der Waals surface area contributed by atoms with Crippen molar-refractivity contribution < 1.29 is 9.53 Å². The highest BCUT2D eigenvalue weighted by molar-refractivity contribution is 5.83. The number of likely N-dealkylation sites (N-methyl/N-ethyl adjacent to an activating group) is 1. The maximum atomic E-state index is 13.2. The molecule has 2 aromatic rings. The number of nitrogens with zero attached hydrogens (tertiary/aromatic N) is 2. The number of ether oxygens (including phenoxy) is 1. The van der Waals surface area contributed by atoms with Crippen LogP contribution in [0.4, 0.5) is 0 Å². The van der Waals surface area contributed by atoms with E-state index in [1.54, 1.807) is 6.20 Å². The van der Waals surface area contributed by atoms with Crippen molar-refractivity contribution in [3.63, 3.8) is 0 Å². The number of aromatic nitrogens is 1. The number of rotatable bonds is 7. The topological polar surface area (TPSA) is 42.4 Å². The van der Waals surface area contributed by atoms with Crippen LogP contribution in [0.25, 0.3) is 0 Å². The van der Waals surface area contributed by atoms with Crippen molar-refractivity contribution in [1.82, 2.24) is 9.88 Å². The third kappa shape index (κ3) is 5.15. The molecule has 0 radical (unpaired) electrons. The minimum Gasteiger partial charge on any atom is -0.378 e. The first-order valence-corrected chi connectivity index (χ1v) is 9.55. The number of hydrogen-bond acceptors (Lipinski definition) is 3. The third-order valence-corrected chi connectivity index (χ3v) is 5.08. The summed E-state index contributed by atoms with van der Waals surface area (Å²) < 4.78 is 5.80. The van der Waals surface area contributed by atoms with Crippen molar-refractivity contribution in [2.24, 2.45) is 0 Å². The number of benzene rings is 1. The SMILES string of the molecule is CN(CCC1CCCCO1)C(=O)C(Cc1ccccn1)c1ccccc1. The molecule has 3 rings (SSSR count). The molecule has 0 spiro atoms. The standard InChI is InChI=1S/C22H28N2O2/c1-24(15-13-20-12-6-8-16-26-20)22(25)21(18-9-3-2-4-10-18)17-19-11-5-7-14-23-19/h2-5,7,9-11,14,20-21H,6,8,12-13,15-17H2,1H3. The number of carbonyl (C=O) groups excluding carboxylic acids is 1. The third-order valence-electron chi connectivity index (χ3n) is 5.08. The van der Waals surface area contributed by atoms with Gasteiger partial charge in [0.25, 0.3) is 0 Å². The Morgan fingerprint density at radius 2 is 2.00 bits per heavy atom. The van der Waals surface area contributed by atoms with Gasteiger partial charge in [-0.1, -0.05) is 36.4 Å². The molecule has 4 heteroatoms. The Hall–Kier alpha value is -2.20. The Balaban J connectivity index is 1.67. The van der Waals surface area contributed by atoms with E-state index in [1.807, 2.05) is 60.5 Å². The highest BCUT2D eigenvalue weighted by atomic mass is 16.5. The maximum Gasteiger partial charge on any atom is 0.230 e. The molecule has 2 unspecified atom stereocenters. The molecule has 2 atom stereocenters. The number of pyridine rings is 1. The van der Waals surface area contributed by atoms with Crippen LogP contribution in [0.15, 0.2) is 54.7 Å². The average Bonchev–Trinajstić information content (AvgIpc) is 2.72. The van der Waals surface area contributed by atoms with Crippen LogP contribution in [0.5, 0.6) is 0 Å². The van der Waals surface area contributed by atoms with Gasteiger partial charge in [0.15, 0.2) is 0 Å². The second-order valence-electron chi connectivity index (χ2n) is 7.03. The van der Waals surface area contributed by atoms with Crippen LogP contribution in [0.2, 0.25) is 0 Å². The minimum atomic E-state index is -0.205. The maximum absolute atomic E-state index is 13.2. The molecule has 4 nitrogen and oxygen atoms in total. The Labute approximate surface area is 156 Å². The summed E-state index contributed by atoms with van der Waals surface area (Å²) in [7, 11) is 1.90. The van der Waals surface area contributed by atoms with Crippen molar-refractivity contribution in [1.29, 1.82) is 0 Å². The quantitative estimate of drug-likeness (QED) is 0.761. The molecular formula is C22H28N2O2. The second-order valence-corrected chi connectivity index (χ2v) is 7.03. The van der Waals surface area contributed by atoms with Gasteiger partial charge >= 0.3 is 0 Å². The summed E-state index contributed by atoms with van der Waals surface area (Å²) >= 11 is 0. The molecule has 1 amide bonds. The fraction of sp³-hybridized carbons (Fsp3) is 0.455. The summed E-state index contributed by atoms with van der Waals surface area (Å²) in [5, 5.41) is 0. The fourth-order valence-corrected chi connectivity index (χ4v) is 3.51. The van der Waals surface area contributed by atoms with Crippen LogP contribution >= 0.6 is 0 Å². The molecule has 1 aliphatic heterocycles. The van der Waals surface area contributed by atoms with Gasteiger partial charge in [0, 0.05) is 38.5 Å². The van der Waals surface area contributed by atoms with Crippen LogP contribution in [0.3, 0.4) is 0 Å². The van der Waals surface area contributed by atoms with Crippen LogP contribution in [0, 0.1) is 0 Å². The first-order chi connectivity index (χ1) is 12.7. The monoisotopic (exact) mass is 352 g/mol. The molecule has 1 aromatic heterocycles. The van der Waals surface area contributed by atoms with Gasteiger partial charge in [-0.05, 0) is 43.4 Å². The molecule has 1 fully saturated rings. The molecule has 0 saturated carbocycles. The Kier molecular flexibility index (Phi) is 6.78. The smallest absolute Gasteiger partial charge is 0.230 e. The molecule has 1 saturated heterocycles. The van der Waals surface area contributed by atoms with E-state index >= 15 is 0 Å². The molecule has 0 bridgehead atoms. The Bertz CT molecular complexity index is 669. The van der Waals surface area contributed by atoms with Gasteiger partial charge in [-0.15, -0.1) is 0 Å². The molecule has 1 aromatic carbocycles. The van der Waals surface area contributed by atoms with Crippen molar-refractivity contribution >= 4 is 5.91 Å². The van der Waals surface area contributed by atoms with Crippen LogP contribution < -0.4 is 0 Å². The second kappa shape index (κ2) is 9.48. The number of amides is 1. The van der Waals surface area contributed by atoms with E-state index in [4.69, 9.17) is 4.74 Å². The molecule has 2 heterocycles. The first-order valence-electron chi connectivity index (χ1n) is 9.55. The van der Waals surface area contributed by atoms with E-state index in [0.29, 0.717) is 12.5 Å². The van der Waals surface area contributed by atoms with Gasteiger partial charge in [0.2, 0.25) is 5.91 Å². The van der Waals surface area contributed by atoms with Crippen molar-refractivity contribution in [2.45, 2.75) is 44.1 Å². The van der Waals surface area contributed by atoms with E-state index in [-0.39, 0.29) is 11.8 Å². The number of hydrogen-bond donors (Lipinski definition) is 0.